The van der Waals surface area contributed by atoms with E-state index in [4.69, 9.17) is 19.0 Å². The number of nitrogens with one attached hydrogen (secondary N) is 1. The van der Waals surface area contributed by atoms with Gasteiger partial charge < -0.3 is 24.2 Å². The summed E-state index contributed by atoms with van der Waals surface area (Å²) in [5, 5.41) is 8.51. The van der Waals surface area contributed by atoms with Gasteiger partial charge in [-0.1, -0.05) is 11.2 Å². The SMILES string of the molecule is Fc1ccc2onc(N3CCN4C[C@H](COc5cccc(CNCCN6CCOCC6)n5)CC[C@H]4C3)c2c1. The summed E-state index contributed by atoms with van der Waals surface area (Å²) in [5.41, 5.74) is 1.63. The van der Waals surface area contributed by atoms with Gasteiger partial charge in [0.1, 0.15) is 5.82 Å². The molecule has 3 aromatic rings. The zero-order valence-corrected chi connectivity index (χ0v) is 21.9. The third-order valence-electron chi connectivity index (χ3n) is 7.98. The molecule has 204 valence electrons. The van der Waals surface area contributed by atoms with Gasteiger partial charge in [0.25, 0.3) is 0 Å². The molecule has 2 atom stereocenters. The first-order valence-corrected chi connectivity index (χ1v) is 13.8. The summed E-state index contributed by atoms with van der Waals surface area (Å²) in [6.45, 7) is 10.8. The van der Waals surface area contributed by atoms with Gasteiger partial charge in [0.15, 0.2) is 11.4 Å². The third-order valence-corrected chi connectivity index (χ3v) is 7.98. The van der Waals surface area contributed by atoms with Crippen molar-refractivity contribution < 1.29 is 18.4 Å². The van der Waals surface area contributed by atoms with Gasteiger partial charge in [-0.3, -0.25) is 9.80 Å². The van der Waals surface area contributed by atoms with E-state index in [0.717, 1.165) is 102 Å². The molecule has 3 aliphatic heterocycles. The molecule has 0 unspecified atom stereocenters. The van der Waals surface area contributed by atoms with Gasteiger partial charge in [0.2, 0.25) is 5.88 Å². The van der Waals surface area contributed by atoms with Crippen molar-refractivity contribution in [2.45, 2.75) is 25.4 Å². The average Bonchev–Trinajstić information content (AvgIpc) is 3.38. The number of piperazine rings is 1. The zero-order valence-electron chi connectivity index (χ0n) is 21.9. The maximum atomic E-state index is 13.8. The zero-order chi connectivity index (χ0) is 25.7. The highest BCUT2D eigenvalue weighted by molar-refractivity contribution is 5.88. The fourth-order valence-corrected chi connectivity index (χ4v) is 5.83. The van der Waals surface area contributed by atoms with Crippen LogP contribution in [0.2, 0.25) is 0 Å². The van der Waals surface area contributed by atoms with E-state index in [1.165, 1.54) is 12.1 Å². The predicted octanol–water partition coefficient (Wildman–Crippen LogP) is 2.76. The summed E-state index contributed by atoms with van der Waals surface area (Å²) in [6.07, 6.45) is 2.22. The second kappa shape index (κ2) is 11.9. The minimum Gasteiger partial charge on any atom is -0.477 e. The normalized spacial score (nSPS) is 23.0. The molecule has 1 N–H and O–H groups in total. The van der Waals surface area contributed by atoms with Gasteiger partial charge >= 0.3 is 0 Å². The molecular formula is C28H37FN6O3. The van der Waals surface area contributed by atoms with E-state index in [1.54, 1.807) is 6.07 Å². The molecule has 3 aliphatic rings. The summed E-state index contributed by atoms with van der Waals surface area (Å²) in [5.74, 6) is 1.68. The van der Waals surface area contributed by atoms with Gasteiger partial charge in [-0.15, -0.1) is 0 Å². The lowest BCUT2D eigenvalue weighted by molar-refractivity contribution is 0.0384. The summed E-state index contributed by atoms with van der Waals surface area (Å²) in [4.78, 5) is 11.9. The van der Waals surface area contributed by atoms with Crippen molar-refractivity contribution in [3.05, 3.63) is 47.9 Å². The number of morpholine rings is 1. The van der Waals surface area contributed by atoms with Crippen molar-refractivity contribution in [2.24, 2.45) is 5.92 Å². The van der Waals surface area contributed by atoms with Gasteiger partial charge in [-0.2, -0.15) is 0 Å². The quantitative estimate of drug-likeness (QED) is 0.425. The van der Waals surface area contributed by atoms with E-state index in [9.17, 15) is 4.39 Å². The molecular weight excluding hydrogens is 487 g/mol. The first-order chi connectivity index (χ1) is 18.7. The van der Waals surface area contributed by atoms with Gasteiger partial charge in [0, 0.05) is 76.9 Å². The highest BCUT2D eigenvalue weighted by Crippen LogP contribution is 2.31. The molecule has 1 aromatic carbocycles. The number of ether oxygens (including phenoxy) is 2. The fraction of sp³-hybridized carbons (Fsp3) is 0.571. The molecule has 0 aliphatic carbocycles. The second-order valence-electron chi connectivity index (χ2n) is 10.6. The van der Waals surface area contributed by atoms with E-state index >= 15 is 0 Å². The number of hydrogen-bond donors (Lipinski definition) is 1. The second-order valence-corrected chi connectivity index (χ2v) is 10.6. The van der Waals surface area contributed by atoms with Crippen LogP contribution in [0.5, 0.6) is 5.88 Å². The largest absolute Gasteiger partial charge is 0.477 e. The van der Waals surface area contributed by atoms with Gasteiger partial charge in [-0.25, -0.2) is 9.37 Å². The Balaban J connectivity index is 0.951. The Morgan fingerprint density at radius 1 is 1.05 bits per heavy atom. The molecule has 6 rings (SSSR count). The van der Waals surface area contributed by atoms with Crippen LogP contribution in [0.25, 0.3) is 11.0 Å². The number of pyridine rings is 1. The molecule has 38 heavy (non-hydrogen) atoms. The number of rotatable bonds is 9. The van der Waals surface area contributed by atoms with Crippen LogP contribution < -0.4 is 15.0 Å². The maximum absolute atomic E-state index is 13.8. The number of benzene rings is 1. The van der Waals surface area contributed by atoms with Crippen molar-refractivity contribution in [1.82, 2.24) is 25.3 Å². The van der Waals surface area contributed by atoms with Crippen LogP contribution in [0.3, 0.4) is 0 Å². The Labute approximate surface area is 222 Å². The molecule has 10 heteroatoms. The van der Waals surface area contributed by atoms with E-state index in [1.807, 2.05) is 18.2 Å². The summed E-state index contributed by atoms with van der Waals surface area (Å²) in [7, 11) is 0. The molecule has 2 aromatic heterocycles. The van der Waals surface area contributed by atoms with E-state index in [0.29, 0.717) is 30.0 Å². The third kappa shape index (κ3) is 6.09. The predicted molar refractivity (Wildman–Crippen MR) is 143 cm³/mol. The molecule has 0 saturated carbocycles. The van der Waals surface area contributed by atoms with Crippen molar-refractivity contribution in [1.29, 1.82) is 0 Å². The standard InChI is InChI=1S/C28H37FN6O3/c29-22-5-7-26-25(16-22)28(32-38-26)35-11-10-34-18-21(4-6-24(34)19-35)20-37-27-3-1-2-23(31-27)17-30-8-9-33-12-14-36-15-13-33/h1-3,5,7,16,21,24,30H,4,6,8-15,17-20H2/t21-,24+/m1/s1. The first-order valence-electron chi connectivity index (χ1n) is 13.8. The van der Waals surface area contributed by atoms with E-state index < -0.39 is 0 Å². The van der Waals surface area contributed by atoms with Gasteiger partial charge in [-0.05, 0) is 37.1 Å². The monoisotopic (exact) mass is 524 g/mol. The Morgan fingerprint density at radius 2 is 1.97 bits per heavy atom. The minimum absolute atomic E-state index is 0.263. The Kier molecular flexibility index (Phi) is 8.01. The number of hydrogen-bond acceptors (Lipinski definition) is 9. The highest BCUT2D eigenvalue weighted by Gasteiger charge is 2.34. The van der Waals surface area contributed by atoms with Crippen LogP contribution in [0.4, 0.5) is 10.2 Å². The lowest BCUT2D eigenvalue weighted by atomic mass is 9.91. The highest BCUT2D eigenvalue weighted by atomic mass is 19.1. The molecule has 0 amide bonds. The van der Waals surface area contributed by atoms with Crippen LogP contribution in [-0.2, 0) is 11.3 Å². The molecule has 5 heterocycles. The van der Waals surface area contributed by atoms with Crippen LogP contribution >= 0.6 is 0 Å². The molecule has 0 radical (unpaired) electrons. The van der Waals surface area contributed by atoms with E-state index in [2.05, 4.69) is 25.2 Å². The summed E-state index contributed by atoms with van der Waals surface area (Å²) < 4.78 is 30.8. The minimum atomic E-state index is -0.263. The number of nitrogens with zero attached hydrogens (tertiary/aromatic N) is 5. The lowest BCUT2D eigenvalue weighted by Crippen LogP contribution is -2.57. The van der Waals surface area contributed by atoms with E-state index in [-0.39, 0.29) is 5.82 Å². The van der Waals surface area contributed by atoms with Crippen molar-refractivity contribution in [3.8, 4) is 5.88 Å². The number of halogens is 1. The fourth-order valence-electron chi connectivity index (χ4n) is 5.83. The number of aromatic nitrogens is 2. The average molecular weight is 525 g/mol. The lowest BCUT2D eigenvalue weighted by Gasteiger charge is -2.46. The molecule has 3 saturated heterocycles. The number of piperidine rings is 1. The Morgan fingerprint density at radius 3 is 2.89 bits per heavy atom. The maximum Gasteiger partial charge on any atom is 0.213 e. The number of anilines is 1. The number of fused-ring (bicyclic) bond motifs is 2. The first kappa shape index (κ1) is 25.5. The van der Waals surface area contributed by atoms with Crippen LogP contribution in [0, 0.1) is 11.7 Å². The molecule has 3 fully saturated rings. The molecule has 0 bridgehead atoms. The molecule has 9 nitrogen and oxygen atoms in total. The van der Waals surface area contributed by atoms with Crippen molar-refractivity contribution in [2.75, 3.05) is 77.1 Å². The Bertz CT molecular complexity index is 1200. The van der Waals surface area contributed by atoms with Crippen LogP contribution in [0.1, 0.15) is 18.5 Å². The van der Waals surface area contributed by atoms with Crippen LogP contribution in [-0.4, -0.2) is 98.2 Å². The topological polar surface area (TPSA) is 79.1 Å². The summed E-state index contributed by atoms with van der Waals surface area (Å²) >= 11 is 0. The smallest absolute Gasteiger partial charge is 0.213 e. The summed E-state index contributed by atoms with van der Waals surface area (Å²) in [6, 6.07) is 11.1. The van der Waals surface area contributed by atoms with Gasteiger partial charge in [0.05, 0.1) is 30.9 Å². The van der Waals surface area contributed by atoms with Crippen LogP contribution in [0.15, 0.2) is 40.9 Å². The molecule has 0 spiro atoms. The van der Waals surface area contributed by atoms with Crippen molar-refractivity contribution in [3.63, 3.8) is 0 Å². The Hall–Kier alpha value is -2.79. The van der Waals surface area contributed by atoms with Crippen molar-refractivity contribution >= 4 is 16.8 Å².